The Labute approximate surface area is 96.8 Å². The molecule has 1 aromatic heterocycles. The number of carbonyl (C=O) groups is 1. The molecule has 0 fully saturated rings. The van der Waals surface area contributed by atoms with Gasteiger partial charge in [-0.15, -0.1) is 0 Å². The molecular weight excluding hydrogens is 222 g/mol. The van der Waals surface area contributed by atoms with Crippen molar-refractivity contribution in [3.63, 3.8) is 0 Å². The minimum Gasteiger partial charge on any atom is -0.316 e. The van der Waals surface area contributed by atoms with Crippen LogP contribution < -0.4 is 15.6 Å². The topological polar surface area (TPSA) is 79.0 Å². The van der Waals surface area contributed by atoms with Crippen LogP contribution in [0.25, 0.3) is 0 Å². The van der Waals surface area contributed by atoms with Crippen LogP contribution in [0.4, 0.5) is 5.69 Å². The highest BCUT2D eigenvalue weighted by Crippen LogP contribution is 2.13. The van der Waals surface area contributed by atoms with E-state index in [9.17, 15) is 9.59 Å². The molecule has 17 heavy (non-hydrogen) atoms. The van der Waals surface area contributed by atoms with Gasteiger partial charge in [-0.2, -0.15) is 0 Å². The number of benzene rings is 1. The Hall–Kier alpha value is -2.37. The maximum absolute atomic E-state index is 11.9. The summed E-state index contributed by atoms with van der Waals surface area (Å²) in [5, 5.41) is 4.94. The van der Waals surface area contributed by atoms with Crippen LogP contribution in [0.2, 0.25) is 0 Å². The van der Waals surface area contributed by atoms with E-state index >= 15 is 0 Å². The van der Waals surface area contributed by atoms with E-state index < -0.39 is 11.5 Å². The first kappa shape index (κ1) is 11.1. The first-order valence-corrected chi connectivity index (χ1v) is 5.04. The largest absolute Gasteiger partial charge is 0.440 e. The minimum absolute atomic E-state index is 0.0757. The number of para-hydroxylation sites is 1. The molecule has 88 valence electrons. The van der Waals surface area contributed by atoms with Crippen molar-refractivity contribution < 1.29 is 14.0 Å². The fourth-order valence-corrected chi connectivity index (χ4v) is 1.48. The summed E-state index contributed by atoms with van der Waals surface area (Å²) in [4.78, 5) is 23.1. The molecule has 0 saturated carbocycles. The van der Waals surface area contributed by atoms with Crippen molar-refractivity contribution in [2.24, 2.45) is 7.05 Å². The fraction of sp³-hybridized carbons (Fsp3) is 0.182. The molecule has 0 radical (unpaired) electrons. The van der Waals surface area contributed by atoms with Gasteiger partial charge in [0.05, 0.1) is 0 Å². The summed E-state index contributed by atoms with van der Waals surface area (Å²) in [6, 6.07) is 7.31. The number of hydrogen-bond donors (Lipinski definition) is 2. The van der Waals surface area contributed by atoms with Crippen LogP contribution >= 0.6 is 0 Å². The molecule has 1 aromatic carbocycles. The molecule has 0 aliphatic carbocycles. The second-order valence-electron chi connectivity index (χ2n) is 3.66. The standard InChI is InChI=1S/C11H11N3O3/c1-7-5-3-4-6-8(7)12-10(15)9-11(16)17-13-14(9)2/h3-6H,1-2H3,(H-,12,13,15,16)/p+1. The molecule has 0 atom stereocenters. The third-order valence-corrected chi connectivity index (χ3v) is 2.41. The molecule has 0 saturated heterocycles. The van der Waals surface area contributed by atoms with Crippen molar-refractivity contribution >= 4 is 11.6 Å². The van der Waals surface area contributed by atoms with Crippen LogP contribution in [0.3, 0.4) is 0 Å². The Morgan fingerprint density at radius 2 is 2.12 bits per heavy atom. The first-order chi connectivity index (χ1) is 8.09. The van der Waals surface area contributed by atoms with E-state index in [2.05, 4.69) is 15.1 Å². The molecule has 6 heteroatoms. The van der Waals surface area contributed by atoms with Crippen molar-refractivity contribution in [3.05, 3.63) is 45.9 Å². The molecule has 2 aromatic rings. The number of rotatable bonds is 2. The molecular formula is C11H12N3O3+. The highest BCUT2D eigenvalue weighted by atomic mass is 16.5. The maximum Gasteiger partial charge on any atom is 0.440 e. The van der Waals surface area contributed by atoms with Gasteiger partial charge < -0.3 is 5.32 Å². The van der Waals surface area contributed by atoms with E-state index in [4.69, 9.17) is 0 Å². The molecule has 1 heterocycles. The summed E-state index contributed by atoms with van der Waals surface area (Å²) >= 11 is 0. The number of H-pyrrole nitrogens is 1. The number of aromatic amines is 1. The lowest BCUT2D eigenvalue weighted by Crippen LogP contribution is -2.41. The fourth-order valence-electron chi connectivity index (χ4n) is 1.48. The number of nitrogens with one attached hydrogen (secondary N) is 2. The zero-order valence-electron chi connectivity index (χ0n) is 9.48. The predicted molar refractivity (Wildman–Crippen MR) is 59.6 cm³/mol. The number of hydrogen-bond acceptors (Lipinski definition) is 3. The first-order valence-electron chi connectivity index (χ1n) is 5.04. The van der Waals surface area contributed by atoms with E-state index in [1.807, 2.05) is 25.1 Å². The van der Waals surface area contributed by atoms with Gasteiger partial charge in [0.25, 0.3) is 0 Å². The highest BCUT2D eigenvalue weighted by Gasteiger charge is 2.26. The Morgan fingerprint density at radius 1 is 1.41 bits per heavy atom. The van der Waals surface area contributed by atoms with Gasteiger partial charge in [-0.1, -0.05) is 22.9 Å². The minimum atomic E-state index is -0.696. The Bertz CT molecular complexity index is 612. The quantitative estimate of drug-likeness (QED) is 0.736. The number of nitrogens with zero attached hydrogens (tertiary/aromatic N) is 1. The Morgan fingerprint density at radius 3 is 2.71 bits per heavy atom. The lowest BCUT2D eigenvalue weighted by Gasteiger charge is -2.04. The van der Waals surface area contributed by atoms with Crippen LogP contribution in [0.5, 0.6) is 0 Å². The lowest BCUT2D eigenvalue weighted by atomic mass is 10.2. The summed E-state index contributed by atoms with van der Waals surface area (Å²) in [7, 11) is 1.53. The smallest absolute Gasteiger partial charge is 0.316 e. The third kappa shape index (κ3) is 2.10. The molecule has 2 N–H and O–H groups in total. The number of carbonyl (C=O) groups excluding carboxylic acids is 1. The predicted octanol–water partition coefficient (Wildman–Crippen LogP) is 0.353. The van der Waals surface area contributed by atoms with Gasteiger partial charge in [0.2, 0.25) is 0 Å². The van der Waals surface area contributed by atoms with Crippen LogP contribution in [-0.4, -0.2) is 11.2 Å². The summed E-state index contributed by atoms with van der Waals surface area (Å²) < 4.78 is 5.74. The lowest BCUT2D eigenvalue weighted by molar-refractivity contribution is -0.741. The van der Waals surface area contributed by atoms with Gasteiger partial charge in [-0.3, -0.25) is 9.32 Å². The van der Waals surface area contributed by atoms with Gasteiger partial charge in [0.1, 0.15) is 0 Å². The molecule has 0 spiro atoms. The average molecular weight is 234 g/mol. The molecule has 0 aliphatic heterocycles. The summed E-state index contributed by atoms with van der Waals surface area (Å²) in [5.41, 5.74) is 0.813. The number of aryl methyl sites for hydroxylation is 2. The number of aromatic nitrogens is 2. The summed E-state index contributed by atoms with van der Waals surface area (Å²) in [5.74, 6) is -0.503. The van der Waals surface area contributed by atoms with E-state index in [1.54, 1.807) is 6.07 Å². The van der Waals surface area contributed by atoms with Crippen molar-refractivity contribution in [1.29, 1.82) is 0 Å². The van der Waals surface area contributed by atoms with Crippen molar-refractivity contribution in [2.75, 3.05) is 5.32 Å². The average Bonchev–Trinajstić information content (AvgIpc) is 2.62. The SMILES string of the molecule is Cc1ccccc1NC(=O)c1c(=O)o[nH][n+]1C. The second-order valence-corrected chi connectivity index (χ2v) is 3.66. The van der Waals surface area contributed by atoms with Crippen LogP contribution in [0.15, 0.2) is 33.6 Å². The molecule has 6 nitrogen and oxygen atoms in total. The van der Waals surface area contributed by atoms with Gasteiger partial charge in [-0.05, 0) is 23.8 Å². The van der Waals surface area contributed by atoms with Gasteiger partial charge >= 0.3 is 17.2 Å². The van der Waals surface area contributed by atoms with E-state index in [0.717, 1.165) is 5.56 Å². The normalized spacial score (nSPS) is 10.2. The maximum atomic E-state index is 11.9. The molecule has 2 rings (SSSR count). The summed E-state index contributed by atoms with van der Waals surface area (Å²) in [6.07, 6.45) is 0. The highest BCUT2D eigenvalue weighted by molar-refractivity contribution is 6.01. The summed E-state index contributed by atoms with van der Waals surface area (Å²) in [6.45, 7) is 1.87. The second kappa shape index (κ2) is 4.25. The van der Waals surface area contributed by atoms with E-state index in [-0.39, 0.29) is 5.69 Å². The molecule has 0 aliphatic rings. The van der Waals surface area contributed by atoms with E-state index in [0.29, 0.717) is 5.69 Å². The molecule has 0 bridgehead atoms. The number of anilines is 1. The zero-order chi connectivity index (χ0) is 12.4. The van der Waals surface area contributed by atoms with Gasteiger partial charge in [0, 0.05) is 5.69 Å². The monoisotopic (exact) mass is 234 g/mol. The van der Waals surface area contributed by atoms with Gasteiger partial charge in [-0.25, -0.2) is 4.79 Å². The third-order valence-electron chi connectivity index (χ3n) is 2.41. The van der Waals surface area contributed by atoms with Gasteiger partial charge in [0.15, 0.2) is 7.05 Å². The number of amides is 1. The van der Waals surface area contributed by atoms with Crippen LogP contribution in [-0.2, 0) is 7.05 Å². The van der Waals surface area contributed by atoms with Crippen molar-refractivity contribution in [2.45, 2.75) is 6.92 Å². The van der Waals surface area contributed by atoms with Crippen LogP contribution in [0.1, 0.15) is 16.1 Å². The molecule has 0 unspecified atom stereocenters. The van der Waals surface area contributed by atoms with Crippen molar-refractivity contribution in [1.82, 2.24) is 5.27 Å². The molecule has 1 amide bonds. The van der Waals surface area contributed by atoms with E-state index in [1.165, 1.54) is 11.7 Å². The zero-order valence-corrected chi connectivity index (χ0v) is 9.48. The Balaban J connectivity index is 2.30. The van der Waals surface area contributed by atoms with Crippen LogP contribution in [0, 0.1) is 6.92 Å². The Kier molecular flexibility index (Phi) is 2.78. The van der Waals surface area contributed by atoms with Crippen molar-refractivity contribution in [3.8, 4) is 0 Å².